The molecule has 0 aliphatic rings. The highest BCUT2D eigenvalue weighted by Crippen LogP contribution is 2.28. The van der Waals surface area contributed by atoms with Gasteiger partial charge in [-0.25, -0.2) is 0 Å². The largest absolute Gasteiger partial charge is 0.338 e. The Balaban J connectivity index is 0.00000210. The van der Waals surface area contributed by atoms with Crippen LogP contribution in [0.3, 0.4) is 0 Å². The first-order chi connectivity index (χ1) is 12.7. The Labute approximate surface area is 166 Å². The molecule has 4 rings (SSSR count). The molecule has 136 valence electrons. The lowest BCUT2D eigenvalue weighted by molar-refractivity contribution is 0.798. The van der Waals surface area contributed by atoms with Gasteiger partial charge in [-0.2, -0.15) is 0 Å². The molecule has 0 unspecified atom stereocenters. The third-order valence-corrected chi connectivity index (χ3v) is 4.99. The van der Waals surface area contributed by atoms with E-state index in [1.54, 1.807) is 0 Å². The van der Waals surface area contributed by atoms with Crippen molar-refractivity contribution < 1.29 is 0 Å². The number of nitrogens with zero attached hydrogens (tertiary/aromatic N) is 2. The van der Waals surface area contributed by atoms with Gasteiger partial charge >= 0.3 is 0 Å². The van der Waals surface area contributed by atoms with Gasteiger partial charge in [-0.3, -0.25) is 4.98 Å². The van der Waals surface area contributed by atoms with E-state index in [0.717, 1.165) is 12.2 Å². The van der Waals surface area contributed by atoms with Crippen molar-refractivity contribution in [2.45, 2.75) is 20.4 Å². The Morgan fingerprint density at radius 3 is 2.22 bits per heavy atom. The monoisotopic (exact) mass is 374 g/mol. The van der Waals surface area contributed by atoms with E-state index in [1.807, 2.05) is 12.3 Å². The predicted octanol–water partition coefficient (Wildman–Crippen LogP) is 6.29. The van der Waals surface area contributed by atoms with Crippen LogP contribution in [0.25, 0.3) is 23.1 Å². The van der Waals surface area contributed by atoms with Gasteiger partial charge in [-0.1, -0.05) is 66.7 Å². The normalized spacial score (nSPS) is 11.0. The predicted molar refractivity (Wildman–Crippen MR) is 117 cm³/mol. The van der Waals surface area contributed by atoms with Crippen LogP contribution in [0.4, 0.5) is 0 Å². The van der Waals surface area contributed by atoms with E-state index in [4.69, 9.17) is 0 Å². The lowest BCUT2D eigenvalue weighted by Crippen LogP contribution is -2.03. The standard InChI is InChI=1S/C24H22N2.ClH/c1-18-19(2)26(17-21-11-7-4-8-12-21)24-22(18)15-16-25-23(24)14-13-20-9-5-3-6-10-20;/h3-16H,17H2,1-2H3;1H/b14-13+;. The van der Waals surface area contributed by atoms with Gasteiger partial charge in [0.25, 0.3) is 0 Å². The number of benzene rings is 2. The van der Waals surface area contributed by atoms with Crippen molar-refractivity contribution in [1.29, 1.82) is 0 Å². The fraction of sp³-hybridized carbons (Fsp3) is 0.125. The van der Waals surface area contributed by atoms with E-state index in [1.165, 1.54) is 33.3 Å². The number of aromatic nitrogens is 2. The van der Waals surface area contributed by atoms with E-state index >= 15 is 0 Å². The Morgan fingerprint density at radius 1 is 0.852 bits per heavy atom. The zero-order valence-corrected chi connectivity index (χ0v) is 16.4. The molecule has 0 N–H and O–H groups in total. The summed E-state index contributed by atoms with van der Waals surface area (Å²) in [6.45, 7) is 5.25. The molecule has 3 heteroatoms. The average Bonchev–Trinajstić information content (AvgIpc) is 2.93. The first-order valence-corrected chi connectivity index (χ1v) is 8.95. The molecule has 0 aliphatic heterocycles. The summed E-state index contributed by atoms with van der Waals surface area (Å²) in [7, 11) is 0. The number of hydrogen-bond acceptors (Lipinski definition) is 1. The van der Waals surface area contributed by atoms with Gasteiger partial charge in [0.05, 0.1) is 11.2 Å². The summed E-state index contributed by atoms with van der Waals surface area (Å²) in [6.07, 6.45) is 6.16. The molecule has 0 bridgehead atoms. The molecule has 0 saturated carbocycles. The number of pyridine rings is 1. The third-order valence-electron chi connectivity index (χ3n) is 4.99. The molecule has 0 amide bonds. The summed E-state index contributed by atoms with van der Waals surface area (Å²) in [6, 6.07) is 23.1. The molecular formula is C24H23ClN2. The highest BCUT2D eigenvalue weighted by atomic mass is 35.5. The fourth-order valence-corrected chi connectivity index (χ4v) is 3.45. The number of halogens is 1. The fourth-order valence-electron chi connectivity index (χ4n) is 3.45. The summed E-state index contributed by atoms with van der Waals surface area (Å²) in [5.74, 6) is 0. The molecule has 2 heterocycles. The quantitative estimate of drug-likeness (QED) is 0.410. The molecule has 2 aromatic heterocycles. The molecule has 4 aromatic rings. The topological polar surface area (TPSA) is 17.8 Å². The highest BCUT2D eigenvalue weighted by Gasteiger charge is 2.14. The second-order valence-corrected chi connectivity index (χ2v) is 6.62. The van der Waals surface area contributed by atoms with Gasteiger partial charge in [0.1, 0.15) is 0 Å². The minimum Gasteiger partial charge on any atom is -0.338 e. The average molecular weight is 375 g/mol. The maximum absolute atomic E-state index is 4.67. The van der Waals surface area contributed by atoms with Crippen LogP contribution in [0, 0.1) is 13.8 Å². The van der Waals surface area contributed by atoms with Crippen LogP contribution in [-0.4, -0.2) is 9.55 Å². The van der Waals surface area contributed by atoms with Crippen molar-refractivity contribution >= 4 is 35.5 Å². The van der Waals surface area contributed by atoms with Crippen LogP contribution >= 0.6 is 12.4 Å². The summed E-state index contributed by atoms with van der Waals surface area (Å²) in [5, 5.41) is 1.28. The molecule has 27 heavy (non-hydrogen) atoms. The first kappa shape index (κ1) is 18.9. The summed E-state index contributed by atoms with van der Waals surface area (Å²) < 4.78 is 2.39. The number of fused-ring (bicyclic) bond motifs is 1. The van der Waals surface area contributed by atoms with Crippen molar-refractivity contribution in [1.82, 2.24) is 9.55 Å². The van der Waals surface area contributed by atoms with Crippen molar-refractivity contribution in [3.8, 4) is 0 Å². The Bertz CT molecular complexity index is 1060. The molecular weight excluding hydrogens is 352 g/mol. The summed E-state index contributed by atoms with van der Waals surface area (Å²) >= 11 is 0. The molecule has 0 saturated heterocycles. The van der Waals surface area contributed by atoms with Gasteiger partial charge in [-0.05, 0) is 42.7 Å². The van der Waals surface area contributed by atoms with E-state index < -0.39 is 0 Å². The van der Waals surface area contributed by atoms with Crippen molar-refractivity contribution in [3.05, 3.63) is 101 Å². The van der Waals surface area contributed by atoms with Crippen LogP contribution in [0.15, 0.2) is 72.9 Å². The maximum atomic E-state index is 4.67. The molecule has 0 fully saturated rings. The molecule has 2 nitrogen and oxygen atoms in total. The minimum absolute atomic E-state index is 0. The first-order valence-electron chi connectivity index (χ1n) is 8.95. The van der Waals surface area contributed by atoms with Gasteiger partial charge in [0.15, 0.2) is 0 Å². The van der Waals surface area contributed by atoms with Gasteiger partial charge in [0.2, 0.25) is 0 Å². The van der Waals surface area contributed by atoms with Crippen LogP contribution in [0.1, 0.15) is 28.1 Å². The van der Waals surface area contributed by atoms with Crippen LogP contribution in [0.2, 0.25) is 0 Å². The second kappa shape index (κ2) is 8.24. The van der Waals surface area contributed by atoms with Crippen molar-refractivity contribution in [2.24, 2.45) is 0 Å². The molecule has 0 atom stereocenters. The lowest BCUT2D eigenvalue weighted by atomic mass is 10.1. The van der Waals surface area contributed by atoms with E-state index in [-0.39, 0.29) is 12.4 Å². The van der Waals surface area contributed by atoms with E-state index in [2.05, 4.69) is 96.2 Å². The van der Waals surface area contributed by atoms with Gasteiger partial charge < -0.3 is 4.57 Å². The highest BCUT2D eigenvalue weighted by molar-refractivity contribution is 5.92. The van der Waals surface area contributed by atoms with Crippen molar-refractivity contribution in [3.63, 3.8) is 0 Å². The Kier molecular flexibility index (Phi) is 5.78. The molecule has 0 radical (unpaired) electrons. The summed E-state index contributed by atoms with van der Waals surface area (Å²) in [4.78, 5) is 4.67. The molecule has 0 aliphatic carbocycles. The molecule has 2 aromatic carbocycles. The van der Waals surface area contributed by atoms with E-state index in [0.29, 0.717) is 0 Å². The Hall–Kier alpha value is -2.84. The number of hydrogen-bond donors (Lipinski definition) is 0. The van der Waals surface area contributed by atoms with Gasteiger partial charge in [0, 0.05) is 23.8 Å². The Morgan fingerprint density at radius 2 is 1.52 bits per heavy atom. The van der Waals surface area contributed by atoms with Crippen LogP contribution in [0.5, 0.6) is 0 Å². The number of aryl methyl sites for hydroxylation is 1. The number of rotatable bonds is 4. The zero-order valence-electron chi connectivity index (χ0n) is 15.6. The SMILES string of the molecule is Cc1c(C)n(Cc2ccccc2)c2c(/C=C/c3ccccc3)nccc12.Cl. The summed E-state index contributed by atoms with van der Waals surface area (Å²) in [5.41, 5.74) is 7.33. The van der Waals surface area contributed by atoms with Crippen LogP contribution < -0.4 is 0 Å². The van der Waals surface area contributed by atoms with Gasteiger partial charge in [-0.15, -0.1) is 12.4 Å². The second-order valence-electron chi connectivity index (χ2n) is 6.62. The molecule has 0 spiro atoms. The zero-order chi connectivity index (χ0) is 17.9. The van der Waals surface area contributed by atoms with Crippen LogP contribution in [-0.2, 0) is 6.54 Å². The maximum Gasteiger partial charge on any atom is 0.0873 e. The smallest absolute Gasteiger partial charge is 0.0873 e. The third kappa shape index (κ3) is 3.81. The van der Waals surface area contributed by atoms with Crippen molar-refractivity contribution in [2.75, 3.05) is 0 Å². The lowest BCUT2D eigenvalue weighted by Gasteiger charge is -2.10. The minimum atomic E-state index is 0. The van der Waals surface area contributed by atoms with E-state index in [9.17, 15) is 0 Å².